The van der Waals surface area contributed by atoms with Crippen molar-refractivity contribution in [1.29, 1.82) is 0 Å². The van der Waals surface area contributed by atoms with Crippen molar-refractivity contribution < 1.29 is 4.42 Å². The van der Waals surface area contributed by atoms with Crippen LogP contribution in [0.2, 0.25) is 5.02 Å². The Morgan fingerprint density at radius 3 is 2.92 bits per heavy atom. The van der Waals surface area contributed by atoms with E-state index in [1.165, 1.54) is 6.26 Å². The number of fused-ring (bicyclic) bond motifs is 1. The Morgan fingerprint density at radius 2 is 2.15 bits per heavy atom. The lowest BCUT2D eigenvalue weighted by molar-refractivity contribution is 0.603. The summed E-state index contributed by atoms with van der Waals surface area (Å²) in [5, 5.41) is 0.658. The molecule has 0 N–H and O–H groups in total. The lowest BCUT2D eigenvalue weighted by atomic mass is 10.1. The normalized spacial score (nSPS) is 10.6. The van der Waals surface area contributed by atoms with E-state index < -0.39 is 0 Å². The quantitative estimate of drug-likeness (QED) is 0.646. The van der Waals surface area contributed by atoms with Crippen LogP contribution in [-0.4, -0.2) is 0 Å². The van der Waals surface area contributed by atoms with E-state index in [-0.39, 0.29) is 10.5 Å². The molecule has 0 saturated carbocycles. The Balaban J connectivity index is 2.97. The van der Waals surface area contributed by atoms with E-state index >= 15 is 0 Å². The highest BCUT2D eigenvalue weighted by atomic mass is 35.5. The maximum absolute atomic E-state index is 11.5. The molecular weight excluding hydrogens is 188 g/mol. The Kier molecular flexibility index (Phi) is 1.85. The second-order valence-corrected chi connectivity index (χ2v) is 3.32. The zero-order chi connectivity index (χ0) is 9.42. The Bertz CT molecular complexity index is 509. The SMILES string of the molecule is Cc1ccc2occ(Cl)c(=O)c2c1. The smallest absolute Gasteiger partial charge is 0.211 e. The van der Waals surface area contributed by atoms with Crippen LogP contribution in [0, 0.1) is 6.92 Å². The van der Waals surface area contributed by atoms with Crippen LogP contribution in [0.4, 0.5) is 0 Å². The van der Waals surface area contributed by atoms with Gasteiger partial charge in [0.2, 0.25) is 5.43 Å². The molecule has 66 valence electrons. The topological polar surface area (TPSA) is 30.2 Å². The average molecular weight is 195 g/mol. The third kappa shape index (κ3) is 1.33. The van der Waals surface area contributed by atoms with E-state index in [1.807, 2.05) is 13.0 Å². The van der Waals surface area contributed by atoms with Gasteiger partial charge in [0, 0.05) is 0 Å². The van der Waals surface area contributed by atoms with Gasteiger partial charge in [-0.3, -0.25) is 4.79 Å². The molecule has 1 aromatic heterocycles. The number of hydrogen-bond acceptors (Lipinski definition) is 2. The summed E-state index contributed by atoms with van der Waals surface area (Å²) in [5.74, 6) is 0. The summed E-state index contributed by atoms with van der Waals surface area (Å²) < 4.78 is 5.15. The van der Waals surface area contributed by atoms with Crippen molar-refractivity contribution in [2.75, 3.05) is 0 Å². The highest BCUT2D eigenvalue weighted by Gasteiger charge is 2.03. The van der Waals surface area contributed by atoms with E-state index in [4.69, 9.17) is 16.0 Å². The van der Waals surface area contributed by atoms with E-state index in [9.17, 15) is 4.79 Å². The van der Waals surface area contributed by atoms with Crippen molar-refractivity contribution >= 4 is 22.6 Å². The molecule has 0 radical (unpaired) electrons. The van der Waals surface area contributed by atoms with Crippen LogP contribution in [0.1, 0.15) is 5.56 Å². The first-order chi connectivity index (χ1) is 6.18. The monoisotopic (exact) mass is 194 g/mol. The summed E-state index contributed by atoms with van der Waals surface area (Å²) in [6, 6.07) is 5.43. The molecule has 2 aromatic rings. The number of benzene rings is 1. The lowest BCUT2D eigenvalue weighted by Crippen LogP contribution is -2.00. The molecule has 0 saturated heterocycles. The molecule has 0 aliphatic heterocycles. The molecule has 2 nitrogen and oxygen atoms in total. The molecule has 0 amide bonds. The number of hydrogen-bond donors (Lipinski definition) is 0. The van der Waals surface area contributed by atoms with Gasteiger partial charge in [-0.1, -0.05) is 23.2 Å². The molecule has 0 fully saturated rings. The van der Waals surface area contributed by atoms with Gasteiger partial charge in [0.15, 0.2) is 0 Å². The van der Waals surface area contributed by atoms with E-state index in [0.29, 0.717) is 11.0 Å². The molecule has 3 heteroatoms. The van der Waals surface area contributed by atoms with Gasteiger partial charge in [0.25, 0.3) is 0 Å². The summed E-state index contributed by atoms with van der Waals surface area (Å²) in [5.41, 5.74) is 1.41. The molecule has 1 heterocycles. The van der Waals surface area contributed by atoms with Gasteiger partial charge in [-0.15, -0.1) is 0 Å². The van der Waals surface area contributed by atoms with E-state index in [0.717, 1.165) is 5.56 Å². The van der Waals surface area contributed by atoms with E-state index in [2.05, 4.69) is 0 Å². The minimum atomic E-state index is -0.174. The van der Waals surface area contributed by atoms with Gasteiger partial charge in [-0.05, 0) is 19.1 Å². The van der Waals surface area contributed by atoms with Gasteiger partial charge in [0.1, 0.15) is 16.9 Å². The number of rotatable bonds is 0. The Labute approximate surface area is 79.7 Å². The van der Waals surface area contributed by atoms with Crippen molar-refractivity contribution in [3.63, 3.8) is 0 Å². The van der Waals surface area contributed by atoms with Crippen LogP contribution in [0.25, 0.3) is 11.0 Å². The summed E-state index contributed by atoms with van der Waals surface area (Å²) >= 11 is 5.63. The minimum absolute atomic E-state index is 0.123. The van der Waals surface area contributed by atoms with Crippen LogP contribution in [-0.2, 0) is 0 Å². The van der Waals surface area contributed by atoms with Crippen molar-refractivity contribution in [2.45, 2.75) is 6.92 Å². The highest BCUT2D eigenvalue weighted by Crippen LogP contribution is 2.14. The van der Waals surface area contributed by atoms with Gasteiger partial charge < -0.3 is 4.42 Å². The zero-order valence-corrected chi connectivity index (χ0v) is 7.76. The molecule has 0 aliphatic rings. The molecule has 0 spiro atoms. The van der Waals surface area contributed by atoms with Crippen molar-refractivity contribution in [2.24, 2.45) is 0 Å². The van der Waals surface area contributed by atoms with Crippen molar-refractivity contribution in [3.05, 3.63) is 45.3 Å². The fourth-order valence-electron chi connectivity index (χ4n) is 1.22. The standard InChI is InChI=1S/C10H7ClO2/c1-6-2-3-9-7(4-6)10(12)8(11)5-13-9/h2-5H,1H3. The summed E-state index contributed by atoms with van der Waals surface area (Å²) in [4.78, 5) is 11.5. The van der Waals surface area contributed by atoms with Gasteiger partial charge in [-0.2, -0.15) is 0 Å². The van der Waals surface area contributed by atoms with Gasteiger partial charge in [0.05, 0.1) is 5.39 Å². The first-order valence-corrected chi connectivity index (χ1v) is 4.24. The first kappa shape index (κ1) is 8.32. The second-order valence-electron chi connectivity index (χ2n) is 2.91. The van der Waals surface area contributed by atoms with Gasteiger partial charge in [-0.25, -0.2) is 0 Å². The summed E-state index contributed by atoms with van der Waals surface area (Å²) in [7, 11) is 0. The van der Waals surface area contributed by atoms with Crippen LogP contribution < -0.4 is 5.43 Å². The maximum Gasteiger partial charge on any atom is 0.211 e. The molecule has 0 atom stereocenters. The predicted molar refractivity (Wildman–Crippen MR) is 52.2 cm³/mol. The fraction of sp³-hybridized carbons (Fsp3) is 0.100. The summed E-state index contributed by atoms with van der Waals surface area (Å²) in [6.07, 6.45) is 1.27. The Morgan fingerprint density at radius 1 is 1.38 bits per heavy atom. The zero-order valence-electron chi connectivity index (χ0n) is 7.00. The predicted octanol–water partition coefficient (Wildman–Crippen LogP) is 2.75. The first-order valence-electron chi connectivity index (χ1n) is 3.86. The molecular formula is C10H7ClO2. The molecule has 0 unspecified atom stereocenters. The third-order valence-corrected chi connectivity index (χ3v) is 2.15. The van der Waals surface area contributed by atoms with Crippen LogP contribution in [0.3, 0.4) is 0 Å². The molecule has 13 heavy (non-hydrogen) atoms. The largest absolute Gasteiger partial charge is 0.463 e. The second kappa shape index (κ2) is 2.89. The molecule has 2 rings (SSSR count). The van der Waals surface area contributed by atoms with Gasteiger partial charge >= 0.3 is 0 Å². The van der Waals surface area contributed by atoms with Crippen LogP contribution in [0.15, 0.2) is 33.7 Å². The maximum atomic E-state index is 11.5. The van der Waals surface area contributed by atoms with Crippen molar-refractivity contribution in [3.8, 4) is 0 Å². The minimum Gasteiger partial charge on any atom is -0.463 e. The highest BCUT2D eigenvalue weighted by molar-refractivity contribution is 6.30. The number of aryl methyl sites for hydroxylation is 1. The van der Waals surface area contributed by atoms with E-state index in [1.54, 1.807) is 12.1 Å². The fourth-order valence-corrected chi connectivity index (χ4v) is 1.37. The number of halogens is 1. The molecule has 0 bridgehead atoms. The lowest BCUT2D eigenvalue weighted by Gasteiger charge is -1.97. The molecule has 0 aliphatic carbocycles. The van der Waals surface area contributed by atoms with Crippen LogP contribution >= 0.6 is 11.6 Å². The van der Waals surface area contributed by atoms with Crippen LogP contribution in [0.5, 0.6) is 0 Å². The molecule has 1 aromatic carbocycles. The summed E-state index contributed by atoms with van der Waals surface area (Å²) in [6.45, 7) is 1.92. The third-order valence-electron chi connectivity index (χ3n) is 1.89. The average Bonchev–Trinajstić information content (AvgIpc) is 2.12. The Hall–Kier alpha value is -1.28. The van der Waals surface area contributed by atoms with Crippen molar-refractivity contribution in [1.82, 2.24) is 0 Å².